The van der Waals surface area contributed by atoms with E-state index >= 15 is 0 Å². The Balaban J connectivity index is 1.41. The first-order valence-electron chi connectivity index (χ1n) is 8.25. The number of oxazole rings is 1. The number of hydrogen-bond acceptors (Lipinski definition) is 6. The number of aryl methyl sites for hydroxylation is 1. The fraction of sp³-hybridized carbons (Fsp3) is 0.562. The molecule has 0 spiro atoms. The van der Waals surface area contributed by atoms with Gasteiger partial charge < -0.3 is 19.2 Å². The van der Waals surface area contributed by atoms with Gasteiger partial charge in [-0.2, -0.15) is 5.10 Å². The SMILES string of the molecule is CCn1cc(O[C@@H]2COC[C@@H]2NC(=O)c2ocnc2C2CC2)cn1. The molecule has 8 nitrogen and oxygen atoms in total. The van der Waals surface area contributed by atoms with Crippen LogP contribution in [0.25, 0.3) is 0 Å². The van der Waals surface area contributed by atoms with Crippen molar-refractivity contribution in [2.24, 2.45) is 0 Å². The van der Waals surface area contributed by atoms with Gasteiger partial charge in [-0.3, -0.25) is 9.48 Å². The lowest BCUT2D eigenvalue weighted by Crippen LogP contribution is -2.45. The lowest BCUT2D eigenvalue weighted by molar-refractivity contribution is 0.0875. The van der Waals surface area contributed by atoms with E-state index in [-0.39, 0.29) is 18.1 Å². The molecule has 128 valence electrons. The molecule has 8 heteroatoms. The van der Waals surface area contributed by atoms with E-state index in [0.717, 1.165) is 25.1 Å². The second kappa shape index (κ2) is 6.27. The first-order chi connectivity index (χ1) is 11.7. The molecule has 24 heavy (non-hydrogen) atoms. The summed E-state index contributed by atoms with van der Waals surface area (Å²) in [6, 6.07) is -0.236. The van der Waals surface area contributed by atoms with Crippen molar-refractivity contribution >= 4 is 5.91 Å². The predicted molar refractivity (Wildman–Crippen MR) is 82.9 cm³/mol. The Morgan fingerprint density at radius 3 is 3.08 bits per heavy atom. The average Bonchev–Trinajstić information content (AvgIpc) is 3.01. The normalized spacial score (nSPS) is 23.4. The molecule has 1 aliphatic heterocycles. The summed E-state index contributed by atoms with van der Waals surface area (Å²) in [6.45, 7) is 3.62. The first kappa shape index (κ1) is 15.2. The van der Waals surface area contributed by atoms with Gasteiger partial charge in [-0.25, -0.2) is 4.98 Å². The van der Waals surface area contributed by atoms with Crippen LogP contribution in [-0.4, -0.2) is 46.0 Å². The van der Waals surface area contributed by atoms with E-state index in [1.54, 1.807) is 10.9 Å². The van der Waals surface area contributed by atoms with Crippen LogP contribution in [0.15, 0.2) is 23.2 Å². The van der Waals surface area contributed by atoms with Crippen molar-refractivity contribution in [1.29, 1.82) is 0 Å². The summed E-state index contributed by atoms with van der Waals surface area (Å²) in [6.07, 6.45) is 6.71. The van der Waals surface area contributed by atoms with Gasteiger partial charge in [0, 0.05) is 12.5 Å². The molecule has 1 N–H and O–H groups in total. The summed E-state index contributed by atoms with van der Waals surface area (Å²) in [4.78, 5) is 16.7. The number of aromatic nitrogens is 3. The van der Waals surface area contributed by atoms with Crippen LogP contribution in [0.3, 0.4) is 0 Å². The number of nitrogens with zero attached hydrogens (tertiary/aromatic N) is 3. The molecule has 2 aromatic rings. The third-order valence-electron chi connectivity index (χ3n) is 4.33. The summed E-state index contributed by atoms with van der Waals surface area (Å²) in [5.41, 5.74) is 0.758. The Morgan fingerprint density at radius 2 is 2.33 bits per heavy atom. The van der Waals surface area contributed by atoms with Gasteiger partial charge in [-0.05, 0) is 19.8 Å². The second-order valence-corrected chi connectivity index (χ2v) is 6.15. The van der Waals surface area contributed by atoms with E-state index in [4.69, 9.17) is 13.9 Å². The summed E-state index contributed by atoms with van der Waals surface area (Å²) in [7, 11) is 0. The number of carbonyl (C=O) groups excluding carboxylic acids is 1. The lowest BCUT2D eigenvalue weighted by Gasteiger charge is -2.19. The van der Waals surface area contributed by atoms with E-state index in [1.807, 2.05) is 13.1 Å². The third-order valence-corrected chi connectivity index (χ3v) is 4.33. The number of hydrogen-bond donors (Lipinski definition) is 1. The van der Waals surface area contributed by atoms with Gasteiger partial charge in [-0.1, -0.05) is 0 Å². The quantitative estimate of drug-likeness (QED) is 0.858. The van der Waals surface area contributed by atoms with Crippen molar-refractivity contribution < 1.29 is 18.7 Å². The molecule has 2 aliphatic rings. The van der Waals surface area contributed by atoms with Crippen LogP contribution >= 0.6 is 0 Å². The van der Waals surface area contributed by atoms with Crippen LogP contribution in [0, 0.1) is 0 Å². The number of nitrogens with one attached hydrogen (secondary N) is 1. The maximum Gasteiger partial charge on any atom is 0.289 e. The summed E-state index contributed by atoms with van der Waals surface area (Å²) in [5.74, 6) is 1.07. The largest absolute Gasteiger partial charge is 0.482 e. The smallest absolute Gasteiger partial charge is 0.289 e. The van der Waals surface area contributed by atoms with Gasteiger partial charge in [0.1, 0.15) is 6.10 Å². The van der Waals surface area contributed by atoms with Gasteiger partial charge in [0.25, 0.3) is 5.91 Å². The Bertz CT molecular complexity index is 721. The minimum absolute atomic E-state index is 0.236. The number of rotatable bonds is 6. The van der Waals surface area contributed by atoms with Crippen molar-refractivity contribution in [2.45, 2.75) is 44.4 Å². The van der Waals surface area contributed by atoms with E-state index in [1.165, 1.54) is 6.39 Å². The zero-order chi connectivity index (χ0) is 16.5. The summed E-state index contributed by atoms with van der Waals surface area (Å²) >= 11 is 0. The Hall–Kier alpha value is -2.35. The summed E-state index contributed by atoms with van der Waals surface area (Å²) in [5, 5.41) is 7.13. The highest BCUT2D eigenvalue weighted by Gasteiger charge is 2.36. The standard InChI is InChI=1S/C16H20N4O4/c1-2-20-6-11(5-18-20)24-13-8-22-7-12(13)19-16(21)15-14(10-3-4-10)17-9-23-15/h5-6,9-10,12-13H,2-4,7-8H2,1H3,(H,19,21)/t12-,13+/m0/s1. The second-order valence-electron chi connectivity index (χ2n) is 6.15. The molecule has 0 bridgehead atoms. The Morgan fingerprint density at radius 1 is 1.46 bits per heavy atom. The van der Waals surface area contributed by atoms with Crippen molar-refractivity contribution in [3.63, 3.8) is 0 Å². The number of carbonyl (C=O) groups is 1. The fourth-order valence-electron chi connectivity index (χ4n) is 2.84. The highest BCUT2D eigenvalue weighted by atomic mass is 16.5. The molecule has 1 aliphatic carbocycles. The monoisotopic (exact) mass is 332 g/mol. The van der Waals surface area contributed by atoms with Crippen LogP contribution in [0.5, 0.6) is 5.75 Å². The van der Waals surface area contributed by atoms with Crippen LogP contribution in [-0.2, 0) is 11.3 Å². The molecule has 2 fully saturated rings. The molecule has 1 saturated heterocycles. The van der Waals surface area contributed by atoms with Crippen molar-refractivity contribution in [2.75, 3.05) is 13.2 Å². The van der Waals surface area contributed by atoms with E-state index in [2.05, 4.69) is 15.4 Å². The predicted octanol–water partition coefficient (Wildman–Crippen LogP) is 1.34. The van der Waals surface area contributed by atoms with Crippen LogP contribution in [0.2, 0.25) is 0 Å². The molecule has 4 rings (SSSR count). The molecule has 2 aromatic heterocycles. The van der Waals surface area contributed by atoms with Gasteiger partial charge >= 0.3 is 0 Å². The maximum atomic E-state index is 12.5. The highest BCUT2D eigenvalue weighted by molar-refractivity contribution is 5.93. The van der Waals surface area contributed by atoms with Gasteiger partial charge in [0.2, 0.25) is 5.76 Å². The fourth-order valence-corrected chi connectivity index (χ4v) is 2.84. The Kier molecular flexibility index (Phi) is 3.97. The van der Waals surface area contributed by atoms with Crippen LogP contribution < -0.4 is 10.1 Å². The number of amides is 1. The molecule has 3 heterocycles. The summed E-state index contributed by atoms with van der Waals surface area (Å²) < 4.78 is 18.5. The van der Waals surface area contributed by atoms with Gasteiger partial charge in [0.05, 0.1) is 37.3 Å². The maximum absolute atomic E-state index is 12.5. The van der Waals surface area contributed by atoms with E-state index in [9.17, 15) is 4.79 Å². The topological polar surface area (TPSA) is 91.4 Å². The average molecular weight is 332 g/mol. The minimum atomic E-state index is -0.261. The van der Waals surface area contributed by atoms with Crippen molar-refractivity contribution in [3.8, 4) is 5.75 Å². The molecule has 1 amide bonds. The molecule has 0 radical (unpaired) electrons. The van der Waals surface area contributed by atoms with Crippen molar-refractivity contribution in [1.82, 2.24) is 20.1 Å². The minimum Gasteiger partial charge on any atom is -0.482 e. The third kappa shape index (κ3) is 3.01. The molecule has 0 aromatic carbocycles. The van der Waals surface area contributed by atoms with E-state index < -0.39 is 0 Å². The Labute approximate surface area is 139 Å². The first-order valence-corrected chi connectivity index (χ1v) is 8.25. The molecular weight excluding hydrogens is 312 g/mol. The van der Waals surface area contributed by atoms with Crippen LogP contribution in [0.4, 0.5) is 0 Å². The zero-order valence-electron chi connectivity index (χ0n) is 13.5. The van der Waals surface area contributed by atoms with Gasteiger partial charge in [-0.15, -0.1) is 0 Å². The van der Waals surface area contributed by atoms with Gasteiger partial charge in [0.15, 0.2) is 12.1 Å². The highest BCUT2D eigenvalue weighted by Crippen LogP contribution is 2.40. The molecule has 0 unspecified atom stereocenters. The lowest BCUT2D eigenvalue weighted by atomic mass is 10.2. The molecule has 1 saturated carbocycles. The number of ether oxygens (including phenoxy) is 2. The van der Waals surface area contributed by atoms with Crippen LogP contribution in [0.1, 0.15) is 41.9 Å². The zero-order valence-corrected chi connectivity index (χ0v) is 13.5. The van der Waals surface area contributed by atoms with Crippen molar-refractivity contribution in [3.05, 3.63) is 30.2 Å². The van der Waals surface area contributed by atoms with E-state index in [0.29, 0.717) is 30.6 Å². The molecular formula is C16H20N4O4. The molecule has 2 atom stereocenters.